The van der Waals surface area contributed by atoms with Gasteiger partial charge in [-0.05, 0) is 32.4 Å². The zero-order valence-electron chi connectivity index (χ0n) is 5.81. The number of Topliss-reactive ketones (excluding diaryl/α,β-unsaturated/α-hetero) is 1. The maximum Gasteiger partial charge on any atom is 0.129 e. The molecule has 0 aromatic rings. The molecule has 0 amide bonds. The topological polar surface area (TPSA) is 29.1 Å². The number of hydrogen-bond donors (Lipinski definition) is 1. The number of ketones is 1. The molecule has 0 spiro atoms. The summed E-state index contributed by atoms with van der Waals surface area (Å²) in [6, 6.07) is 0. The number of rotatable bonds is 3. The fourth-order valence-corrected chi connectivity index (χ4v) is 0.960. The Morgan fingerprint density at radius 1 is 1.67 bits per heavy atom. The fraction of sp³-hybridized carbons (Fsp3) is 0.857. The van der Waals surface area contributed by atoms with Crippen molar-refractivity contribution in [2.24, 2.45) is 5.92 Å². The zero-order valence-corrected chi connectivity index (χ0v) is 5.81. The lowest BCUT2D eigenvalue weighted by Gasteiger charge is -2.26. The van der Waals surface area contributed by atoms with Crippen LogP contribution in [0.3, 0.4) is 0 Å². The molecule has 0 aromatic carbocycles. The first-order valence-electron chi connectivity index (χ1n) is 3.49. The third-order valence-corrected chi connectivity index (χ3v) is 1.77. The highest BCUT2D eigenvalue weighted by Gasteiger charge is 2.15. The summed E-state index contributed by atoms with van der Waals surface area (Å²) in [6.45, 7) is 3.90. The Balaban J connectivity index is 1.97. The first-order chi connectivity index (χ1) is 4.29. The Bertz CT molecular complexity index is 107. The zero-order chi connectivity index (χ0) is 6.69. The molecule has 2 heteroatoms. The first-order valence-corrected chi connectivity index (χ1v) is 3.49. The number of carbonyl (C=O) groups excluding carboxylic acids is 1. The monoisotopic (exact) mass is 127 g/mol. The van der Waals surface area contributed by atoms with Gasteiger partial charge in [0.25, 0.3) is 0 Å². The van der Waals surface area contributed by atoms with Crippen molar-refractivity contribution in [3.63, 3.8) is 0 Å². The highest BCUT2D eigenvalue weighted by atomic mass is 16.1. The summed E-state index contributed by atoms with van der Waals surface area (Å²) in [5.41, 5.74) is 0. The number of nitrogens with one attached hydrogen (secondary N) is 1. The normalized spacial score (nSPS) is 19.2. The predicted octanol–water partition coefficient (Wildman–Crippen LogP) is 0.575. The molecule has 0 aromatic heterocycles. The van der Waals surface area contributed by atoms with Crippen molar-refractivity contribution in [2.75, 3.05) is 13.1 Å². The molecular weight excluding hydrogens is 114 g/mol. The van der Waals surface area contributed by atoms with E-state index in [-0.39, 0.29) is 0 Å². The lowest BCUT2D eigenvalue weighted by molar-refractivity contribution is -0.117. The Labute approximate surface area is 55.6 Å². The van der Waals surface area contributed by atoms with Gasteiger partial charge in [-0.1, -0.05) is 0 Å². The first kappa shape index (κ1) is 6.75. The maximum atomic E-state index is 10.5. The molecule has 1 N–H and O–H groups in total. The molecule has 9 heavy (non-hydrogen) atoms. The Morgan fingerprint density at radius 2 is 2.33 bits per heavy atom. The van der Waals surface area contributed by atoms with Gasteiger partial charge in [0.2, 0.25) is 0 Å². The highest BCUT2D eigenvalue weighted by Crippen LogP contribution is 2.10. The van der Waals surface area contributed by atoms with E-state index < -0.39 is 0 Å². The van der Waals surface area contributed by atoms with Crippen molar-refractivity contribution in [1.82, 2.24) is 5.32 Å². The number of hydrogen-bond acceptors (Lipinski definition) is 2. The van der Waals surface area contributed by atoms with Crippen LogP contribution in [0, 0.1) is 5.92 Å². The smallest absolute Gasteiger partial charge is 0.129 e. The molecule has 52 valence electrons. The van der Waals surface area contributed by atoms with E-state index in [4.69, 9.17) is 0 Å². The van der Waals surface area contributed by atoms with Gasteiger partial charge >= 0.3 is 0 Å². The lowest BCUT2D eigenvalue weighted by Crippen LogP contribution is -2.41. The molecule has 0 bridgehead atoms. The van der Waals surface area contributed by atoms with Crippen molar-refractivity contribution in [3.05, 3.63) is 0 Å². The van der Waals surface area contributed by atoms with E-state index in [1.165, 1.54) is 0 Å². The second-order valence-electron chi connectivity index (χ2n) is 2.76. The van der Waals surface area contributed by atoms with Gasteiger partial charge in [-0.3, -0.25) is 0 Å². The van der Waals surface area contributed by atoms with E-state index in [1.807, 2.05) is 0 Å². The van der Waals surface area contributed by atoms with Crippen LogP contribution < -0.4 is 5.32 Å². The van der Waals surface area contributed by atoms with Crippen LogP contribution in [0.5, 0.6) is 0 Å². The van der Waals surface area contributed by atoms with Crippen LogP contribution in [0.15, 0.2) is 0 Å². The van der Waals surface area contributed by atoms with Crippen LogP contribution in [0.2, 0.25) is 0 Å². The molecule has 0 aliphatic carbocycles. The van der Waals surface area contributed by atoms with Crippen LogP contribution in [-0.2, 0) is 4.79 Å². The summed E-state index contributed by atoms with van der Waals surface area (Å²) in [4.78, 5) is 10.5. The largest absolute Gasteiger partial charge is 0.316 e. The Hall–Kier alpha value is -0.370. The third-order valence-electron chi connectivity index (χ3n) is 1.77. The predicted molar refractivity (Wildman–Crippen MR) is 36.3 cm³/mol. The molecule has 1 aliphatic rings. The minimum atomic E-state index is 0.321. The summed E-state index contributed by atoms with van der Waals surface area (Å²) < 4.78 is 0. The van der Waals surface area contributed by atoms with Gasteiger partial charge < -0.3 is 10.1 Å². The number of carbonyl (C=O) groups is 1. The molecule has 0 saturated carbocycles. The second-order valence-corrected chi connectivity index (χ2v) is 2.76. The van der Waals surface area contributed by atoms with Crippen LogP contribution >= 0.6 is 0 Å². The Morgan fingerprint density at radius 3 is 2.67 bits per heavy atom. The lowest BCUT2D eigenvalue weighted by atomic mass is 9.96. The third kappa shape index (κ3) is 2.14. The van der Waals surface area contributed by atoms with Crippen LogP contribution in [0.25, 0.3) is 0 Å². The van der Waals surface area contributed by atoms with E-state index in [0.717, 1.165) is 31.8 Å². The van der Waals surface area contributed by atoms with E-state index in [9.17, 15) is 4.79 Å². The molecule has 1 fully saturated rings. The molecule has 1 rings (SSSR count). The van der Waals surface area contributed by atoms with Crippen molar-refractivity contribution in [2.45, 2.75) is 19.8 Å². The molecule has 1 saturated heterocycles. The van der Waals surface area contributed by atoms with Gasteiger partial charge in [-0.15, -0.1) is 0 Å². The summed E-state index contributed by atoms with van der Waals surface area (Å²) in [5.74, 6) is 1.11. The second kappa shape index (κ2) is 2.97. The van der Waals surface area contributed by atoms with Crippen molar-refractivity contribution >= 4 is 5.78 Å². The quantitative estimate of drug-likeness (QED) is 0.600. The molecule has 2 nitrogen and oxygen atoms in total. The molecule has 1 heterocycles. The average Bonchev–Trinajstić information content (AvgIpc) is 1.60. The van der Waals surface area contributed by atoms with E-state index in [2.05, 4.69) is 5.32 Å². The summed E-state index contributed by atoms with van der Waals surface area (Å²) >= 11 is 0. The molecule has 0 unspecified atom stereocenters. The van der Waals surface area contributed by atoms with Gasteiger partial charge in [0, 0.05) is 6.42 Å². The van der Waals surface area contributed by atoms with E-state index in [1.54, 1.807) is 6.92 Å². The minimum absolute atomic E-state index is 0.321. The molecule has 1 aliphatic heterocycles. The van der Waals surface area contributed by atoms with Crippen LogP contribution in [-0.4, -0.2) is 18.9 Å². The Kier molecular flexibility index (Phi) is 2.22. The van der Waals surface area contributed by atoms with Gasteiger partial charge in [0.05, 0.1) is 0 Å². The SMILES string of the molecule is CC(=O)CCC1CNC1. The standard InChI is InChI=1S/C7H13NO/c1-6(9)2-3-7-4-8-5-7/h7-8H,2-5H2,1H3. The average molecular weight is 127 g/mol. The van der Waals surface area contributed by atoms with E-state index in [0.29, 0.717) is 5.78 Å². The van der Waals surface area contributed by atoms with Crippen LogP contribution in [0.1, 0.15) is 19.8 Å². The minimum Gasteiger partial charge on any atom is -0.316 e. The summed E-state index contributed by atoms with van der Waals surface area (Å²) in [5, 5.41) is 3.17. The summed E-state index contributed by atoms with van der Waals surface area (Å²) in [6.07, 6.45) is 1.86. The maximum absolute atomic E-state index is 10.5. The van der Waals surface area contributed by atoms with Crippen molar-refractivity contribution in [3.8, 4) is 0 Å². The van der Waals surface area contributed by atoms with Crippen molar-refractivity contribution in [1.29, 1.82) is 0 Å². The molecule has 0 atom stereocenters. The van der Waals surface area contributed by atoms with Gasteiger partial charge in [0.15, 0.2) is 0 Å². The van der Waals surface area contributed by atoms with Crippen molar-refractivity contribution < 1.29 is 4.79 Å². The fourth-order valence-electron chi connectivity index (χ4n) is 0.960. The van der Waals surface area contributed by atoms with Gasteiger partial charge in [0.1, 0.15) is 5.78 Å². The van der Waals surface area contributed by atoms with E-state index >= 15 is 0 Å². The highest BCUT2D eigenvalue weighted by molar-refractivity contribution is 5.75. The summed E-state index contributed by atoms with van der Waals surface area (Å²) in [7, 11) is 0. The molecule has 0 radical (unpaired) electrons. The molecular formula is C7H13NO. The van der Waals surface area contributed by atoms with Gasteiger partial charge in [-0.2, -0.15) is 0 Å². The van der Waals surface area contributed by atoms with Crippen LogP contribution in [0.4, 0.5) is 0 Å². The van der Waals surface area contributed by atoms with Gasteiger partial charge in [-0.25, -0.2) is 0 Å².